The van der Waals surface area contributed by atoms with Gasteiger partial charge in [0.2, 0.25) is 11.6 Å². The van der Waals surface area contributed by atoms with E-state index in [0.29, 0.717) is 29.2 Å². The van der Waals surface area contributed by atoms with Gasteiger partial charge in [-0.05, 0) is 110 Å². The number of rotatable bonds is 18. The van der Waals surface area contributed by atoms with Crippen molar-refractivity contribution in [2.45, 2.75) is 95.7 Å². The summed E-state index contributed by atoms with van der Waals surface area (Å²) < 4.78 is 10.5. The highest BCUT2D eigenvalue weighted by atomic mass is 16.6. The predicted molar refractivity (Wildman–Crippen MR) is 328 cm³/mol. The van der Waals surface area contributed by atoms with Crippen LogP contribution in [0.3, 0.4) is 0 Å². The molecule has 0 aliphatic rings. The normalized spacial score (nSPS) is 12.4. The number of ether oxygens (including phenoxy) is 2. The van der Waals surface area contributed by atoms with Gasteiger partial charge in [0.05, 0.1) is 6.04 Å². The van der Waals surface area contributed by atoms with Gasteiger partial charge in [-0.25, -0.2) is 14.4 Å². The van der Waals surface area contributed by atoms with Crippen molar-refractivity contribution in [3.05, 3.63) is 275 Å². The molecule has 86 heavy (non-hydrogen) atoms. The molecule has 0 spiro atoms. The summed E-state index contributed by atoms with van der Waals surface area (Å²) in [5.41, 5.74) is 5.85. The second kappa shape index (κ2) is 26.4. The molecule has 0 fully saturated rings. The van der Waals surface area contributed by atoms with Gasteiger partial charge in [-0.3, -0.25) is 4.79 Å². The average Bonchev–Trinajstić information content (AvgIpc) is 1.31. The van der Waals surface area contributed by atoms with Crippen molar-refractivity contribution in [2.75, 3.05) is 0 Å². The zero-order chi connectivity index (χ0) is 60.9. The van der Waals surface area contributed by atoms with Gasteiger partial charge in [0.1, 0.15) is 17.2 Å². The molecule has 0 saturated carbocycles. The third-order valence-electron chi connectivity index (χ3n) is 14.1. The van der Waals surface area contributed by atoms with Gasteiger partial charge in [-0.2, -0.15) is 0 Å². The maximum Gasteiger partial charge on any atom is 0.408 e. The molecule has 0 saturated heterocycles. The van der Waals surface area contributed by atoms with Gasteiger partial charge in [0.15, 0.2) is 16.9 Å². The van der Waals surface area contributed by atoms with E-state index in [1.165, 1.54) is 6.92 Å². The Bertz CT molecular complexity index is 3390. The molecule has 8 aromatic carbocycles. The number of tetrazole rings is 2. The lowest BCUT2D eigenvalue weighted by Crippen LogP contribution is -2.44. The molecule has 17 heteroatoms. The van der Waals surface area contributed by atoms with Crippen LogP contribution < -0.4 is 10.6 Å². The third kappa shape index (κ3) is 14.1. The topological polar surface area (TPSA) is 218 Å². The molecule has 2 heterocycles. The lowest BCUT2D eigenvalue weighted by atomic mass is 9.77. The first-order chi connectivity index (χ1) is 41.3. The molecule has 17 nitrogen and oxygen atoms in total. The van der Waals surface area contributed by atoms with Crippen molar-refractivity contribution >= 4 is 23.9 Å². The summed E-state index contributed by atoms with van der Waals surface area (Å²) in [4.78, 5) is 51.9. The number of carbonyl (C=O) groups excluding carboxylic acids is 3. The highest BCUT2D eigenvalue weighted by Crippen LogP contribution is 2.41. The van der Waals surface area contributed by atoms with Gasteiger partial charge >= 0.3 is 18.2 Å². The van der Waals surface area contributed by atoms with Crippen LogP contribution in [0.4, 0.5) is 9.59 Å². The molecule has 2 amide bonds. The van der Waals surface area contributed by atoms with E-state index in [2.05, 4.69) is 104 Å². The van der Waals surface area contributed by atoms with Crippen LogP contribution in [0.15, 0.2) is 231 Å². The fourth-order valence-corrected chi connectivity index (χ4v) is 10.2. The number of carboxylic acids is 1. The zero-order valence-electron chi connectivity index (χ0n) is 49.0. The summed E-state index contributed by atoms with van der Waals surface area (Å²) in [6.45, 7) is 11.9. The van der Waals surface area contributed by atoms with Gasteiger partial charge < -0.3 is 25.2 Å². The minimum atomic E-state index is -1.15. The largest absolute Gasteiger partial charge is 0.480 e. The van der Waals surface area contributed by atoms with Gasteiger partial charge in [-0.15, -0.1) is 30.0 Å². The summed E-state index contributed by atoms with van der Waals surface area (Å²) in [6.07, 6.45) is -0.998. The lowest BCUT2D eigenvalue weighted by molar-refractivity contribution is -0.139. The summed E-state index contributed by atoms with van der Waals surface area (Å²) in [6, 6.07) is 73.7. The highest BCUT2D eigenvalue weighted by Gasteiger charge is 2.43. The van der Waals surface area contributed by atoms with E-state index in [0.717, 1.165) is 44.5 Å². The summed E-state index contributed by atoms with van der Waals surface area (Å²) >= 11 is 0. The standard InChI is InChI=1S/C35H35N5O3.C34H33N5O4/c1-25(41)31(36-33(42)43-34(2,3)4)24-26-20-22-27(23-21-26)32-37-39-40(38-32)35(28-14-8-5-9-15-28,29-16-10-6-11-17-29)30-18-12-7-13-19-30;1-33(2,3)43-32(42)35-29(31(40)41)23-24-19-21-25(22-20-24)30-36-38-39(37-30)34(26-13-7-4-8-14-26,27-15-9-5-10-16-27)28-17-11-6-12-18-28/h5-23,31H,24H2,1-4H3,(H,36,42);4-22,29H,23H2,1-3H3,(H,35,42)(H,40,41)/t31-;29-/m00/s1. The number of Topliss-reactive ketones (excluding diaryl/α,β-unsaturated/α-hetero) is 1. The van der Waals surface area contributed by atoms with E-state index in [-0.39, 0.29) is 12.2 Å². The first-order valence-electron chi connectivity index (χ1n) is 28.2. The minimum absolute atomic E-state index is 0.0775. The summed E-state index contributed by atoms with van der Waals surface area (Å²) in [7, 11) is 0. The number of carbonyl (C=O) groups is 4. The third-order valence-corrected chi connectivity index (χ3v) is 14.1. The number of amides is 2. The van der Waals surface area contributed by atoms with Gasteiger partial charge in [0.25, 0.3) is 0 Å². The number of nitrogens with one attached hydrogen (secondary N) is 2. The quantitative estimate of drug-likeness (QED) is 0.0682. The molecular weight excluding hydrogens is 1080 g/mol. The molecule has 2 atom stereocenters. The molecular formula is C69H68N10O7. The van der Waals surface area contributed by atoms with Crippen LogP contribution in [0.25, 0.3) is 22.8 Å². The lowest BCUT2D eigenvalue weighted by Gasteiger charge is -2.34. The number of benzene rings is 8. The molecule has 436 valence electrons. The number of aliphatic carboxylic acids is 1. The van der Waals surface area contributed by atoms with Crippen molar-refractivity contribution in [1.29, 1.82) is 0 Å². The molecule has 0 aliphatic heterocycles. The van der Waals surface area contributed by atoms with E-state index in [1.807, 2.05) is 146 Å². The number of aromatic nitrogens is 8. The Morgan fingerprint density at radius 2 is 0.686 bits per heavy atom. The van der Waals surface area contributed by atoms with Crippen LogP contribution in [0.5, 0.6) is 0 Å². The molecule has 3 N–H and O–H groups in total. The monoisotopic (exact) mass is 1150 g/mol. The number of hydrogen-bond acceptors (Lipinski definition) is 12. The van der Waals surface area contributed by atoms with E-state index in [4.69, 9.17) is 19.7 Å². The highest BCUT2D eigenvalue weighted by molar-refractivity contribution is 5.86. The number of hydrogen-bond donors (Lipinski definition) is 3. The van der Waals surface area contributed by atoms with E-state index in [9.17, 15) is 24.3 Å². The second-order valence-electron chi connectivity index (χ2n) is 22.6. The van der Waals surface area contributed by atoms with Gasteiger partial charge in [-0.1, -0.05) is 231 Å². The van der Waals surface area contributed by atoms with Crippen molar-refractivity contribution in [3.8, 4) is 22.8 Å². The molecule has 10 aromatic rings. The number of carboxylic acid groups (broad SMARTS) is 1. The van der Waals surface area contributed by atoms with Crippen LogP contribution in [0.1, 0.15) is 93.0 Å². The fraction of sp³-hybridized carbons (Fsp3) is 0.217. The molecule has 0 radical (unpaired) electrons. The van der Waals surface area contributed by atoms with Crippen LogP contribution in [0.2, 0.25) is 0 Å². The van der Waals surface area contributed by atoms with Crippen LogP contribution in [-0.4, -0.2) is 92.7 Å². The van der Waals surface area contributed by atoms with Crippen LogP contribution >= 0.6 is 0 Å². The molecule has 0 bridgehead atoms. The molecule has 0 aliphatic carbocycles. The Morgan fingerprint density at radius 3 is 0.942 bits per heavy atom. The molecule has 0 unspecified atom stereocenters. The van der Waals surface area contributed by atoms with E-state index >= 15 is 0 Å². The van der Waals surface area contributed by atoms with E-state index < -0.39 is 52.5 Å². The zero-order valence-corrected chi connectivity index (χ0v) is 49.0. The molecule has 2 aromatic heterocycles. The Hall–Kier alpha value is -10.4. The van der Waals surface area contributed by atoms with Crippen molar-refractivity contribution < 1.29 is 33.8 Å². The first kappa shape index (κ1) is 60.2. The number of ketones is 1. The Morgan fingerprint density at radius 1 is 0.419 bits per heavy atom. The minimum Gasteiger partial charge on any atom is -0.480 e. The second-order valence-corrected chi connectivity index (χ2v) is 22.6. The molecule has 10 rings (SSSR count). The van der Waals surface area contributed by atoms with Crippen molar-refractivity contribution in [3.63, 3.8) is 0 Å². The first-order valence-corrected chi connectivity index (χ1v) is 28.2. The summed E-state index contributed by atoms with van der Waals surface area (Å²) in [5, 5.41) is 42.8. The number of nitrogens with zero attached hydrogens (tertiary/aromatic N) is 8. The maximum absolute atomic E-state index is 12.3. The van der Waals surface area contributed by atoms with Gasteiger partial charge in [0, 0.05) is 17.5 Å². The van der Waals surface area contributed by atoms with Crippen LogP contribution in [-0.2, 0) is 43.0 Å². The van der Waals surface area contributed by atoms with Crippen LogP contribution in [0, 0.1) is 0 Å². The Balaban J connectivity index is 0.000000205. The predicted octanol–water partition coefficient (Wildman–Crippen LogP) is 11.9. The average molecular weight is 1150 g/mol. The Labute approximate surface area is 500 Å². The smallest absolute Gasteiger partial charge is 0.408 e. The maximum atomic E-state index is 12.3. The Kier molecular flexibility index (Phi) is 18.5. The van der Waals surface area contributed by atoms with Crippen molar-refractivity contribution in [2.24, 2.45) is 0 Å². The SMILES string of the molecule is CC(=O)[C@H](Cc1ccc(-c2nnn(C(c3ccccc3)(c3ccccc3)c3ccccc3)n2)cc1)NC(=O)OC(C)(C)C.CC(C)(C)OC(=O)N[C@@H](Cc1ccc(-c2nnn(C(c3ccccc3)(c3ccccc3)c3ccccc3)n2)cc1)C(=O)O. The van der Waals surface area contributed by atoms with E-state index in [1.54, 1.807) is 63.3 Å². The fourth-order valence-electron chi connectivity index (χ4n) is 10.2. The number of alkyl carbamates (subject to hydrolysis) is 2. The summed E-state index contributed by atoms with van der Waals surface area (Å²) in [5.74, 6) is -0.425. The van der Waals surface area contributed by atoms with Crippen molar-refractivity contribution in [1.82, 2.24) is 51.0 Å².